The molecule has 7 nitrogen and oxygen atoms in total. The Bertz CT molecular complexity index is 603. The van der Waals surface area contributed by atoms with Crippen LogP contribution in [0.25, 0.3) is 0 Å². The van der Waals surface area contributed by atoms with Crippen LogP contribution < -0.4 is 16.4 Å². The van der Waals surface area contributed by atoms with Gasteiger partial charge in [-0.05, 0) is 12.1 Å². The lowest BCUT2D eigenvalue weighted by atomic mass is 10.2. The highest BCUT2D eigenvalue weighted by atomic mass is 16.2. The number of amides is 2. The average molecular weight is 285 g/mol. The smallest absolute Gasteiger partial charge is 0.251 e. The Morgan fingerprint density at radius 3 is 2.57 bits per heavy atom. The zero-order chi connectivity index (χ0) is 15.1. The number of carbonyl (C=O) groups excluding carboxylic acids is 2. The maximum absolute atomic E-state index is 12.0. The van der Waals surface area contributed by atoms with Gasteiger partial charge in [-0.1, -0.05) is 18.2 Å². The van der Waals surface area contributed by atoms with Crippen molar-refractivity contribution >= 4 is 17.6 Å². The first-order valence-corrected chi connectivity index (χ1v) is 6.32. The number of hydrogen-bond donors (Lipinski definition) is 3. The summed E-state index contributed by atoms with van der Waals surface area (Å²) in [5.74, 6) is -0.492. The lowest BCUT2D eigenvalue weighted by Gasteiger charge is -2.16. The van der Waals surface area contributed by atoms with Gasteiger partial charge in [-0.3, -0.25) is 14.6 Å². The van der Waals surface area contributed by atoms with Gasteiger partial charge in [0.25, 0.3) is 5.91 Å². The standard InChI is InChI=1S/C14H15N5O2/c15-13(20)11(8-18-12-9-16-6-7-17-12)19-14(21)10-4-2-1-3-5-10/h1-7,9,11H,8H2,(H2,15,20)(H,17,18)(H,19,21). The molecular formula is C14H15N5O2. The summed E-state index contributed by atoms with van der Waals surface area (Å²) in [6, 6.07) is 7.75. The summed E-state index contributed by atoms with van der Waals surface area (Å²) < 4.78 is 0. The maximum atomic E-state index is 12.0. The Kier molecular flexibility index (Phi) is 4.81. The van der Waals surface area contributed by atoms with Crippen LogP contribution in [-0.2, 0) is 4.79 Å². The van der Waals surface area contributed by atoms with Crippen molar-refractivity contribution in [3.05, 3.63) is 54.5 Å². The summed E-state index contributed by atoms with van der Waals surface area (Å²) in [5.41, 5.74) is 5.76. The van der Waals surface area contributed by atoms with E-state index < -0.39 is 11.9 Å². The predicted molar refractivity (Wildman–Crippen MR) is 77.4 cm³/mol. The van der Waals surface area contributed by atoms with Crippen LogP contribution >= 0.6 is 0 Å². The third kappa shape index (κ3) is 4.27. The van der Waals surface area contributed by atoms with Gasteiger partial charge in [0.05, 0.1) is 6.20 Å². The van der Waals surface area contributed by atoms with Crippen LogP contribution in [0.3, 0.4) is 0 Å². The van der Waals surface area contributed by atoms with Crippen molar-refractivity contribution in [1.29, 1.82) is 0 Å². The molecule has 0 saturated carbocycles. The molecule has 0 bridgehead atoms. The molecule has 0 saturated heterocycles. The Labute approximate surface area is 121 Å². The van der Waals surface area contributed by atoms with Gasteiger partial charge >= 0.3 is 0 Å². The highest BCUT2D eigenvalue weighted by molar-refractivity contribution is 5.97. The lowest BCUT2D eigenvalue weighted by molar-refractivity contribution is -0.119. The third-order valence-corrected chi connectivity index (χ3v) is 2.74. The summed E-state index contributed by atoms with van der Waals surface area (Å²) in [4.78, 5) is 31.3. The van der Waals surface area contributed by atoms with Gasteiger partial charge in [0.2, 0.25) is 5.91 Å². The van der Waals surface area contributed by atoms with Crippen LogP contribution in [-0.4, -0.2) is 34.4 Å². The topological polar surface area (TPSA) is 110 Å². The maximum Gasteiger partial charge on any atom is 0.251 e. The number of nitrogens with one attached hydrogen (secondary N) is 2. The Balaban J connectivity index is 1.96. The van der Waals surface area contributed by atoms with Gasteiger partial charge in [0, 0.05) is 24.5 Å². The molecule has 2 amide bonds. The fraction of sp³-hybridized carbons (Fsp3) is 0.143. The summed E-state index contributed by atoms with van der Waals surface area (Å²) in [7, 11) is 0. The monoisotopic (exact) mass is 285 g/mol. The van der Waals surface area contributed by atoms with Gasteiger partial charge in [-0.25, -0.2) is 4.98 Å². The fourth-order valence-corrected chi connectivity index (χ4v) is 1.65. The van der Waals surface area contributed by atoms with Crippen LogP contribution in [0.4, 0.5) is 5.82 Å². The van der Waals surface area contributed by atoms with E-state index in [0.29, 0.717) is 11.4 Å². The van der Waals surface area contributed by atoms with E-state index in [1.54, 1.807) is 30.3 Å². The van der Waals surface area contributed by atoms with Crippen molar-refractivity contribution in [2.45, 2.75) is 6.04 Å². The normalized spacial score (nSPS) is 11.4. The molecule has 1 atom stereocenters. The number of carbonyl (C=O) groups is 2. The van der Waals surface area contributed by atoms with Crippen molar-refractivity contribution in [3.8, 4) is 0 Å². The van der Waals surface area contributed by atoms with Crippen LogP contribution in [0, 0.1) is 0 Å². The van der Waals surface area contributed by atoms with Crippen molar-refractivity contribution in [2.75, 3.05) is 11.9 Å². The number of anilines is 1. The summed E-state index contributed by atoms with van der Waals surface area (Å²) in [6.07, 6.45) is 4.56. The van der Waals surface area contributed by atoms with E-state index in [1.807, 2.05) is 0 Å². The molecule has 21 heavy (non-hydrogen) atoms. The first-order valence-electron chi connectivity index (χ1n) is 6.32. The second-order valence-electron chi connectivity index (χ2n) is 4.27. The van der Waals surface area contributed by atoms with Crippen LogP contribution in [0.1, 0.15) is 10.4 Å². The molecule has 108 valence electrons. The molecule has 0 aliphatic heterocycles. The van der Waals surface area contributed by atoms with Crippen molar-refractivity contribution < 1.29 is 9.59 Å². The van der Waals surface area contributed by atoms with E-state index >= 15 is 0 Å². The van der Waals surface area contributed by atoms with Gasteiger partial charge < -0.3 is 16.4 Å². The van der Waals surface area contributed by atoms with E-state index in [9.17, 15) is 9.59 Å². The molecule has 0 aliphatic carbocycles. The zero-order valence-electron chi connectivity index (χ0n) is 11.2. The van der Waals surface area contributed by atoms with Crippen LogP contribution in [0.15, 0.2) is 48.9 Å². The highest BCUT2D eigenvalue weighted by Crippen LogP contribution is 2.01. The van der Waals surface area contributed by atoms with E-state index in [1.165, 1.54) is 18.6 Å². The number of primary amides is 1. The number of hydrogen-bond acceptors (Lipinski definition) is 5. The van der Waals surface area contributed by atoms with Crippen molar-refractivity contribution in [3.63, 3.8) is 0 Å². The van der Waals surface area contributed by atoms with Crippen molar-refractivity contribution in [2.24, 2.45) is 5.73 Å². The van der Waals surface area contributed by atoms with Gasteiger partial charge in [-0.15, -0.1) is 0 Å². The molecular weight excluding hydrogens is 270 g/mol. The fourth-order valence-electron chi connectivity index (χ4n) is 1.65. The van der Waals surface area contributed by atoms with E-state index in [0.717, 1.165) is 0 Å². The average Bonchev–Trinajstić information content (AvgIpc) is 2.52. The lowest BCUT2D eigenvalue weighted by Crippen LogP contribution is -2.48. The molecule has 1 aromatic heterocycles. The molecule has 0 aliphatic rings. The minimum atomic E-state index is -0.847. The summed E-state index contributed by atoms with van der Waals surface area (Å²) >= 11 is 0. The molecule has 0 radical (unpaired) electrons. The molecule has 1 aromatic carbocycles. The number of nitrogens with zero attached hydrogens (tertiary/aromatic N) is 2. The zero-order valence-corrected chi connectivity index (χ0v) is 11.2. The Morgan fingerprint density at radius 2 is 1.95 bits per heavy atom. The van der Waals surface area contributed by atoms with E-state index in [-0.39, 0.29) is 12.5 Å². The Hall–Kier alpha value is -2.96. The second kappa shape index (κ2) is 6.99. The number of rotatable bonds is 6. The van der Waals surface area contributed by atoms with Crippen LogP contribution in [0.2, 0.25) is 0 Å². The van der Waals surface area contributed by atoms with Crippen LogP contribution in [0.5, 0.6) is 0 Å². The van der Waals surface area contributed by atoms with Gasteiger partial charge in [-0.2, -0.15) is 0 Å². The predicted octanol–water partition coefficient (Wildman–Crippen LogP) is 0.172. The van der Waals surface area contributed by atoms with E-state index in [2.05, 4.69) is 20.6 Å². The van der Waals surface area contributed by atoms with Gasteiger partial charge in [0.1, 0.15) is 11.9 Å². The van der Waals surface area contributed by atoms with Gasteiger partial charge in [0.15, 0.2) is 0 Å². The summed E-state index contributed by atoms with van der Waals surface area (Å²) in [5, 5.41) is 5.47. The molecule has 4 N–H and O–H groups in total. The Morgan fingerprint density at radius 1 is 1.19 bits per heavy atom. The minimum Gasteiger partial charge on any atom is -0.368 e. The van der Waals surface area contributed by atoms with E-state index in [4.69, 9.17) is 5.73 Å². The molecule has 1 unspecified atom stereocenters. The molecule has 2 aromatic rings. The molecule has 1 heterocycles. The number of benzene rings is 1. The van der Waals surface area contributed by atoms with Crippen molar-refractivity contribution in [1.82, 2.24) is 15.3 Å². The minimum absolute atomic E-state index is 0.132. The molecule has 2 rings (SSSR count). The largest absolute Gasteiger partial charge is 0.368 e. The molecule has 0 spiro atoms. The first-order chi connectivity index (χ1) is 10.2. The SMILES string of the molecule is NC(=O)C(CNc1cnccn1)NC(=O)c1ccccc1. The number of aromatic nitrogens is 2. The summed E-state index contributed by atoms with van der Waals surface area (Å²) in [6.45, 7) is 0.132. The molecule has 7 heteroatoms. The number of nitrogens with two attached hydrogens (primary N) is 1. The highest BCUT2D eigenvalue weighted by Gasteiger charge is 2.18. The third-order valence-electron chi connectivity index (χ3n) is 2.74. The quantitative estimate of drug-likeness (QED) is 0.701. The molecule has 0 fully saturated rings. The second-order valence-corrected chi connectivity index (χ2v) is 4.27. The first kappa shape index (κ1) is 14.4.